The molecule has 0 fully saturated rings. The number of nitro benzene ring substituents is 1. The average molecular weight is 407 g/mol. The number of aryl methyl sites for hydroxylation is 1. The highest BCUT2D eigenvalue weighted by Gasteiger charge is 2.23. The fourth-order valence-electron chi connectivity index (χ4n) is 2.62. The molecule has 148 valence electrons. The summed E-state index contributed by atoms with van der Waals surface area (Å²) in [7, 11) is -4.23. The van der Waals surface area contributed by atoms with Crippen LogP contribution in [0.1, 0.15) is 21.5 Å². The minimum absolute atomic E-state index is 0.152. The summed E-state index contributed by atoms with van der Waals surface area (Å²) in [6, 6.07) is 6.66. The van der Waals surface area contributed by atoms with Gasteiger partial charge in [0.1, 0.15) is 13.2 Å². The summed E-state index contributed by atoms with van der Waals surface area (Å²) in [5.74, 6) is 0.151. The molecule has 0 spiro atoms. The average Bonchev–Trinajstić information content (AvgIpc) is 2.67. The number of nitrogens with zero attached hydrogens (tertiary/aromatic N) is 1. The molecule has 10 nitrogen and oxygen atoms in total. The molecule has 0 radical (unpaired) electrons. The Hall–Kier alpha value is -3.18. The molecule has 0 saturated carbocycles. The Bertz CT molecular complexity index is 1070. The lowest BCUT2D eigenvalue weighted by Crippen LogP contribution is -2.41. The van der Waals surface area contributed by atoms with Gasteiger partial charge in [-0.05, 0) is 43.2 Å². The van der Waals surface area contributed by atoms with E-state index in [1.165, 1.54) is 25.1 Å². The second kappa shape index (κ2) is 7.44. The smallest absolute Gasteiger partial charge is 0.271 e. The van der Waals surface area contributed by atoms with Gasteiger partial charge >= 0.3 is 0 Å². The van der Waals surface area contributed by atoms with Gasteiger partial charge in [-0.2, -0.15) is 0 Å². The van der Waals surface area contributed by atoms with Gasteiger partial charge in [-0.15, -0.1) is 4.83 Å². The number of benzene rings is 2. The maximum atomic E-state index is 12.6. The Morgan fingerprint density at radius 1 is 1.11 bits per heavy atom. The van der Waals surface area contributed by atoms with Gasteiger partial charge in [0.25, 0.3) is 21.6 Å². The highest BCUT2D eigenvalue weighted by atomic mass is 32.2. The molecule has 0 bridgehead atoms. The van der Waals surface area contributed by atoms with E-state index in [1.54, 1.807) is 13.0 Å². The lowest BCUT2D eigenvalue weighted by atomic mass is 10.1. The summed E-state index contributed by atoms with van der Waals surface area (Å²) in [6.07, 6.45) is 0. The Morgan fingerprint density at radius 2 is 1.79 bits per heavy atom. The van der Waals surface area contributed by atoms with Gasteiger partial charge in [-0.25, -0.2) is 8.42 Å². The van der Waals surface area contributed by atoms with Crippen molar-refractivity contribution in [3.63, 3.8) is 0 Å². The zero-order chi connectivity index (χ0) is 20.5. The molecule has 3 rings (SSSR count). The third kappa shape index (κ3) is 3.89. The van der Waals surface area contributed by atoms with Crippen molar-refractivity contribution in [1.82, 2.24) is 10.3 Å². The Balaban J connectivity index is 1.80. The topological polar surface area (TPSA) is 137 Å². The number of sulfonamides is 1. The zero-order valence-electron chi connectivity index (χ0n) is 15.0. The Kier molecular flexibility index (Phi) is 5.21. The summed E-state index contributed by atoms with van der Waals surface area (Å²) in [5, 5.41) is 11.0. The number of amides is 1. The maximum Gasteiger partial charge on any atom is 0.271 e. The van der Waals surface area contributed by atoms with Gasteiger partial charge in [-0.3, -0.25) is 20.3 Å². The molecular formula is C17H17N3O7S. The van der Waals surface area contributed by atoms with Crippen LogP contribution in [0.5, 0.6) is 11.5 Å². The highest BCUT2D eigenvalue weighted by Crippen LogP contribution is 2.30. The van der Waals surface area contributed by atoms with E-state index in [4.69, 9.17) is 9.47 Å². The molecule has 0 aromatic heterocycles. The molecule has 1 aliphatic heterocycles. The molecule has 11 heteroatoms. The van der Waals surface area contributed by atoms with E-state index >= 15 is 0 Å². The Labute approximate surface area is 160 Å². The van der Waals surface area contributed by atoms with Gasteiger partial charge < -0.3 is 9.47 Å². The molecule has 0 aliphatic carbocycles. The second-order valence-corrected chi connectivity index (χ2v) is 7.71. The molecule has 0 saturated heterocycles. The molecule has 2 aromatic carbocycles. The number of rotatable bonds is 5. The first-order valence-corrected chi connectivity index (χ1v) is 9.65. The molecule has 2 aromatic rings. The number of carbonyl (C=O) groups is 1. The molecule has 0 unspecified atom stereocenters. The van der Waals surface area contributed by atoms with Crippen LogP contribution in [0.15, 0.2) is 35.2 Å². The zero-order valence-corrected chi connectivity index (χ0v) is 15.8. The molecule has 28 heavy (non-hydrogen) atoms. The molecule has 1 heterocycles. The van der Waals surface area contributed by atoms with Crippen LogP contribution >= 0.6 is 0 Å². The summed E-state index contributed by atoms with van der Waals surface area (Å²) < 4.78 is 35.9. The van der Waals surface area contributed by atoms with E-state index in [0.717, 1.165) is 6.07 Å². The minimum Gasteiger partial charge on any atom is -0.486 e. The maximum absolute atomic E-state index is 12.6. The number of hydrogen-bond donors (Lipinski definition) is 2. The molecular weight excluding hydrogens is 390 g/mol. The van der Waals surface area contributed by atoms with E-state index < -0.39 is 20.9 Å². The van der Waals surface area contributed by atoms with E-state index in [9.17, 15) is 23.3 Å². The molecule has 0 atom stereocenters. The predicted octanol–water partition coefficient (Wildman–Crippen LogP) is 1.61. The second-order valence-electron chi connectivity index (χ2n) is 6.06. The van der Waals surface area contributed by atoms with Gasteiger partial charge in [0.05, 0.1) is 9.82 Å². The lowest BCUT2D eigenvalue weighted by molar-refractivity contribution is -0.385. The minimum atomic E-state index is -4.23. The van der Waals surface area contributed by atoms with Crippen molar-refractivity contribution in [3.8, 4) is 11.5 Å². The number of ether oxygens (including phenoxy) is 2. The normalized spacial score (nSPS) is 13.1. The lowest BCUT2D eigenvalue weighted by Gasteiger charge is -2.18. The van der Waals surface area contributed by atoms with Crippen LogP contribution in [0.25, 0.3) is 0 Å². The van der Waals surface area contributed by atoms with Crippen molar-refractivity contribution in [3.05, 3.63) is 57.1 Å². The van der Waals surface area contributed by atoms with Crippen molar-refractivity contribution >= 4 is 21.6 Å². The van der Waals surface area contributed by atoms with E-state index in [-0.39, 0.29) is 16.1 Å². The quantitative estimate of drug-likeness (QED) is 0.567. The van der Waals surface area contributed by atoms with Gasteiger partial charge in [0.15, 0.2) is 11.5 Å². The van der Waals surface area contributed by atoms with Crippen LogP contribution in [0.4, 0.5) is 5.69 Å². The molecule has 1 amide bonds. The number of nitro groups is 1. The van der Waals surface area contributed by atoms with Crippen LogP contribution in [0.3, 0.4) is 0 Å². The van der Waals surface area contributed by atoms with Crippen LogP contribution in [-0.2, 0) is 10.0 Å². The number of carbonyl (C=O) groups excluding carboxylic acids is 1. The first kappa shape index (κ1) is 19.6. The number of hydrogen-bond acceptors (Lipinski definition) is 7. The number of non-ortho nitro benzene ring substituents is 1. The number of hydrazine groups is 1. The number of fused-ring (bicyclic) bond motifs is 1. The van der Waals surface area contributed by atoms with Crippen LogP contribution in [-0.4, -0.2) is 32.5 Å². The van der Waals surface area contributed by atoms with Crippen LogP contribution < -0.4 is 19.7 Å². The first-order chi connectivity index (χ1) is 13.2. The first-order valence-electron chi connectivity index (χ1n) is 8.16. The highest BCUT2D eigenvalue weighted by molar-refractivity contribution is 7.89. The third-order valence-corrected chi connectivity index (χ3v) is 5.58. The van der Waals surface area contributed by atoms with Crippen LogP contribution in [0.2, 0.25) is 0 Å². The van der Waals surface area contributed by atoms with E-state index in [0.29, 0.717) is 35.8 Å². The van der Waals surface area contributed by atoms with Gasteiger partial charge in [0, 0.05) is 17.7 Å². The predicted molar refractivity (Wildman–Crippen MR) is 97.8 cm³/mol. The fourth-order valence-corrected chi connectivity index (χ4v) is 3.80. The van der Waals surface area contributed by atoms with E-state index in [1.807, 2.05) is 4.83 Å². The monoisotopic (exact) mass is 407 g/mol. The summed E-state index contributed by atoms with van der Waals surface area (Å²) >= 11 is 0. The number of nitrogens with one attached hydrogen (secondary N) is 2. The van der Waals surface area contributed by atoms with Gasteiger partial charge in [0.2, 0.25) is 0 Å². The van der Waals surface area contributed by atoms with Crippen molar-refractivity contribution in [2.45, 2.75) is 18.7 Å². The van der Waals surface area contributed by atoms with Crippen molar-refractivity contribution in [2.24, 2.45) is 0 Å². The standard InChI is InChI=1S/C17H17N3O7S/c1-10-7-13(20(22)23)9-16(11(10)2)28(24,25)19-18-17(21)12-3-4-14-15(8-12)27-6-5-26-14/h3-4,7-9,19H,5-6H2,1-2H3,(H,18,21). The SMILES string of the molecule is Cc1cc([N+](=O)[O-])cc(S(=O)(=O)NNC(=O)c2ccc3c(c2)OCCO3)c1C. The molecule has 2 N–H and O–H groups in total. The summed E-state index contributed by atoms with van der Waals surface area (Å²) in [4.78, 5) is 24.3. The molecule has 1 aliphatic rings. The van der Waals surface area contributed by atoms with Gasteiger partial charge in [-0.1, -0.05) is 0 Å². The largest absolute Gasteiger partial charge is 0.486 e. The Morgan fingerprint density at radius 3 is 2.46 bits per heavy atom. The fraction of sp³-hybridized carbons (Fsp3) is 0.235. The summed E-state index contributed by atoms with van der Waals surface area (Å²) in [5.41, 5.74) is 2.67. The van der Waals surface area contributed by atoms with Crippen molar-refractivity contribution < 1.29 is 27.6 Å². The van der Waals surface area contributed by atoms with Crippen molar-refractivity contribution in [2.75, 3.05) is 13.2 Å². The summed E-state index contributed by atoms with van der Waals surface area (Å²) in [6.45, 7) is 3.84. The third-order valence-electron chi connectivity index (χ3n) is 4.21. The van der Waals surface area contributed by atoms with E-state index in [2.05, 4.69) is 5.43 Å². The van der Waals surface area contributed by atoms with Crippen molar-refractivity contribution in [1.29, 1.82) is 0 Å². The van der Waals surface area contributed by atoms with Crippen LogP contribution in [0, 0.1) is 24.0 Å².